The number of carbonyl (C=O) groups excluding carboxylic acids is 2. The van der Waals surface area contributed by atoms with Crippen molar-refractivity contribution in [1.82, 2.24) is 0 Å². The molecule has 0 aromatic heterocycles. The molecule has 4 aliphatic carbocycles. The molecule has 32 heavy (non-hydrogen) atoms. The van der Waals surface area contributed by atoms with Crippen molar-refractivity contribution in [3.05, 3.63) is 46.6 Å². The van der Waals surface area contributed by atoms with E-state index in [1.165, 1.54) is 11.1 Å². The van der Waals surface area contributed by atoms with E-state index in [1.54, 1.807) is 13.0 Å². The summed E-state index contributed by atoms with van der Waals surface area (Å²) in [7, 11) is 0. The number of ketones is 1. The maximum absolute atomic E-state index is 13.1. The molecule has 0 amide bonds. The minimum absolute atomic E-state index is 0.00454. The van der Waals surface area contributed by atoms with Gasteiger partial charge in [-0.15, -0.1) is 0 Å². The molecule has 1 N–H and O–H groups in total. The fraction of sp³-hybridized carbons (Fsp3) is 0.643. The Balaban J connectivity index is 1.45. The Morgan fingerprint density at radius 3 is 2.62 bits per heavy atom. The van der Waals surface area contributed by atoms with Crippen LogP contribution in [0.2, 0.25) is 0 Å². The van der Waals surface area contributed by atoms with Crippen LogP contribution in [0, 0.1) is 28.6 Å². The van der Waals surface area contributed by atoms with E-state index in [4.69, 9.17) is 4.74 Å². The first-order valence-electron chi connectivity index (χ1n) is 12.2. The molecule has 1 saturated carbocycles. The molecule has 5 rings (SSSR count). The lowest BCUT2D eigenvalue weighted by molar-refractivity contribution is -0.176. The van der Waals surface area contributed by atoms with E-state index < -0.39 is 17.1 Å². The van der Waals surface area contributed by atoms with Crippen LogP contribution in [0.15, 0.2) is 46.6 Å². The third-order valence-electron chi connectivity index (χ3n) is 10.1. The molecular formula is C28H36O4. The van der Waals surface area contributed by atoms with Crippen LogP contribution < -0.4 is 0 Å². The summed E-state index contributed by atoms with van der Waals surface area (Å²) in [5, 5.41) is 11.8. The molecule has 0 aromatic rings. The number of aliphatic hydroxyl groups is 1. The van der Waals surface area contributed by atoms with E-state index in [9.17, 15) is 14.7 Å². The third-order valence-corrected chi connectivity index (χ3v) is 10.1. The minimum atomic E-state index is -1.11. The maximum Gasteiger partial charge on any atom is 0.334 e. The van der Waals surface area contributed by atoms with Gasteiger partial charge in [0.1, 0.15) is 11.7 Å². The zero-order valence-electron chi connectivity index (χ0n) is 20.0. The molecule has 4 nitrogen and oxygen atoms in total. The van der Waals surface area contributed by atoms with Crippen LogP contribution in [0.3, 0.4) is 0 Å². The average Bonchev–Trinajstić information content (AvgIpc) is 3.10. The van der Waals surface area contributed by atoms with Gasteiger partial charge in [0.2, 0.25) is 0 Å². The van der Waals surface area contributed by atoms with E-state index >= 15 is 0 Å². The van der Waals surface area contributed by atoms with E-state index in [1.807, 2.05) is 19.9 Å². The average molecular weight is 437 g/mol. The Bertz CT molecular complexity index is 1010. The zero-order chi connectivity index (χ0) is 23.1. The fourth-order valence-electron chi connectivity index (χ4n) is 7.81. The van der Waals surface area contributed by atoms with Crippen molar-refractivity contribution in [3.8, 4) is 0 Å². The second-order valence-electron chi connectivity index (χ2n) is 11.5. The van der Waals surface area contributed by atoms with Gasteiger partial charge in [-0.3, -0.25) is 4.79 Å². The maximum atomic E-state index is 13.1. The van der Waals surface area contributed by atoms with Gasteiger partial charge in [0, 0.05) is 17.9 Å². The summed E-state index contributed by atoms with van der Waals surface area (Å²) in [6, 6.07) is 0. The molecule has 172 valence electrons. The largest absolute Gasteiger partial charge is 0.456 e. The molecule has 0 spiro atoms. The van der Waals surface area contributed by atoms with Gasteiger partial charge in [-0.1, -0.05) is 41.9 Å². The fourth-order valence-corrected chi connectivity index (χ4v) is 7.81. The normalized spacial score (nSPS) is 42.9. The highest BCUT2D eigenvalue weighted by molar-refractivity contribution is 5.98. The van der Waals surface area contributed by atoms with Gasteiger partial charge >= 0.3 is 5.97 Å². The molecular weight excluding hydrogens is 400 g/mol. The van der Waals surface area contributed by atoms with Crippen molar-refractivity contribution in [3.63, 3.8) is 0 Å². The van der Waals surface area contributed by atoms with E-state index in [-0.39, 0.29) is 23.1 Å². The van der Waals surface area contributed by atoms with Crippen LogP contribution in [-0.2, 0) is 14.3 Å². The highest BCUT2D eigenvalue weighted by Gasteiger charge is 2.61. The minimum Gasteiger partial charge on any atom is -0.456 e. The Morgan fingerprint density at radius 1 is 1.16 bits per heavy atom. The molecule has 7 atom stereocenters. The number of cyclic esters (lactones) is 1. The highest BCUT2D eigenvalue weighted by Crippen LogP contribution is 2.65. The van der Waals surface area contributed by atoms with Crippen molar-refractivity contribution in [2.24, 2.45) is 28.6 Å². The van der Waals surface area contributed by atoms with Gasteiger partial charge in [0.05, 0.1) is 5.41 Å². The molecule has 0 saturated heterocycles. The van der Waals surface area contributed by atoms with Crippen molar-refractivity contribution in [2.75, 3.05) is 0 Å². The first kappa shape index (κ1) is 21.9. The number of esters is 1. The summed E-state index contributed by atoms with van der Waals surface area (Å²) in [6.45, 7) is 10.1. The first-order valence-corrected chi connectivity index (χ1v) is 12.2. The SMILES string of the molecule is CC1=C(C)C(=O)OC(C(C)(O)C2CC=C3C4CC=C5CC=CC(=O)C5(C)C4CCC32C)C1. The van der Waals surface area contributed by atoms with Crippen LogP contribution in [0.1, 0.15) is 73.1 Å². The van der Waals surface area contributed by atoms with E-state index in [0.717, 1.165) is 37.7 Å². The number of hydrogen-bond donors (Lipinski definition) is 1. The molecule has 1 aliphatic heterocycles. The number of rotatable bonds is 2. The summed E-state index contributed by atoms with van der Waals surface area (Å²) >= 11 is 0. The Hall–Kier alpha value is -1.94. The van der Waals surface area contributed by atoms with Gasteiger partial charge in [-0.2, -0.15) is 0 Å². The lowest BCUT2D eigenvalue weighted by atomic mass is 9.48. The number of carbonyl (C=O) groups is 2. The molecule has 4 heteroatoms. The zero-order valence-corrected chi connectivity index (χ0v) is 20.0. The smallest absolute Gasteiger partial charge is 0.334 e. The van der Waals surface area contributed by atoms with Crippen molar-refractivity contribution < 1.29 is 19.4 Å². The lowest BCUT2D eigenvalue weighted by Crippen LogP contribution is -2.56. The molecule has 7 unspecified atom stereocenters. The van der Waals surface area contributed by atoms with Crippen molar-refractivity contribution in [1.29, 1.82) is 0 Å². The van der Waals surface area contributed by atoms with Crippen molar-refractivity contribution >= 4 is 11.8 Å². The second kappa shape index (κ2) is 7.03. The van der Waals surface area contributed by atoms with Crippen LogP contribution in [0.4, 0.5) is 0 Å². The standard InChI is InChI=1S/C28H36O4/c1-16-15-24(32-25(30)17(16)2)28(5,31)22-12-11-20-19-10-9-18-7-6-8-23(29)27(18,4)21(19)13-14-26(20,22)3/h6,8-9,11,19,21-22,24,31H,7,10,12-15H2,1-5H3. The highest BCUT2D eigenvalue weighted by atomic mass is 16.6. The summed E-state index contributed by atoms with van der Waals surface area (Å²) in [4.78, 5) is 25.4. The number of allylic oxidation sites excluding steroid dienone is 6. The Kier molecular flexibility index (Phi) is 4.81. The van der Waals surface area contributed by atoms with Gasteiger partial charge in [0.25, 0.3) is 0 Å². The van der Waals surface area contributed by atoms with Crippen LogP contribution >= 0.6 is 0 Å². The molecule has 1 heterocycles. The van der Waals surface area contributed by atoms with E-state index in [0.29, 0.717) is 23.8 Å². The number of hydrogen-bond acceptors (Lipinski definition) is 4. The summed E-state index contributed by atoms with van der Waals surface area (Å²) < 4.78 is 5.75. The van der Waals surface area contributed by atoms with Crippen LogP contribution in [0.5, 0.6) is 0 Å². The molecule has 0 bridgehead atoms. The Labute approximate surface area is 191 Å². The molecule has 1 fully saturated rings. The topological polar surface area (TPSA) is 63.6 Å². The molecule has 0 aromatic carbocycles. The third kappa shape index (κ3) is 2.77. The second-order valence-corrected chi connectivity index (χ2v) is 11.5. The van der Waals surface area contributed by atoms with Gasteiger partial charge < -0.3 is 9.84 Å². The van der Waals surface area contributed by atoms with Gasteiger partial charge in [-0.05, 0) is 83.1 Å². The predicted octanol–water partition coefficient (Wildman–Crippen LogP) is 5.23. The Morgan fingerprint density at radius 2 is 1.91 bits per heavy atom. The quantitative estimate of drug-likeness (QED) is 0.475. The lowest BCUT2D eigenvalue weighted by Gasteiger charge is -2.56. The predicted molar refractivity (Wildman–Crippen MR) is 124 cm³/mol. The monoisotopic (exact) mass is 436 g/mol. The molecule has 5 aliphatic rings. The molecule has 0 radical (unpaired) electrons. The summed E-state index contributed by atoms with van der Waals surface area (Å²) in [6.07, 6.45) is 13.1. The summed E-state index contributed by atoms with van der Waals surface area (Å²) in [5.74, 6) is 0.609. The first-order chi connectivity index (χ1) is 15.0. The van der Waals surface area contributed by atoms with Crippen molar-refractivity contribution in [2.45, 2.75) is 84.8 Å². The number of fused-ring (bicyclic) bond motifs is 5. The number of ether oxygens (including phenoxy) is 1. The van der Waals surface area contributed by atoms with Gasteiger partial charge in [-0.25, -0.2) is 4.79 Å². The van der Waals surface area contributed by atoms with Crippen LogP contribution in [0.25, 0.3) is 0 Å². The van der Waals surface area contributed by atoms with E-state index in [2.05, 4.69) is 26.0 Å². The van der Waals surface area contributed by atoms with Gasteiger partial charge in [0.15, 0.2) is 5.78 Å². The van der Waals surface area contributed by atoms with Crippen LogP contribution in [-0.4, -0.2) is 28.6 Å². The summed E-state index contributed by atoms with van der Waals surface area (Å²) in [5.41, 5.74) is 2.74.